The molecule has 2 nitrogen and oxygen atoms in total. The van der Waals surface area contributed by atoms with Crippen LogP contribution in [0.2, 0.25) is 0 Å². The van der Waals surface area contributed by atoms with Crippen LogP contribution in [-0.2, 0) is 0 Å². The van der Waals surface area contributed by atoms with Crippen LogP contribution in [0, 0.1) is 6.92 Å². The van der Waals surface area contributed by atoms with E-state index in [-0.39, 0.29) is 6.04 Å². The molecule has 0 aromatic heterocycles. The Morgan fingerprint density at radius 2 is 1.90 bits per heavy atom. The summed E-state index contributed by atoms with van der Waals surface area (Å²) in [5.41, 5.74) is 3.14. The van der Waals surface area contributed by atoms with Gasteiger partial charge in [-0.1, -0.05) is 38.8 Å². The zero-order valence-corrected chi connectivity index (χ0v) is 14.6. The van der Waals surface area contributed by atoms with Crippen LogP contribution in [0.15, 0.2) is 45.3 Å². The van der Waals surface area contributed by atoms with Gasteiger partial charge in [0.15, 0.2) is 0 Å². The van der Waals surface area contributed by atoms with Gasteiger partial charge >= 0.3 is 0 Å². The Hall–Kier alpha value is -1.00. The maximum absolute atomic E-state index is 10.0. The average molecular weight is 399 g/mol. The molecule has 0 aliphatic carbocycles. The van der Waals surface area contributed by atoms with Crippen LogP contribution in [0.25, 0.3) is 0 Å². The summed E-state index contributed by atoms with van der Waals surface area (Å²) in [4.78, 5) is 0. The van der Waals surface area contributed by atoms with Crippen molar-refractivity contribution in [3.63, 3.8) is 0 Å². The number of phenols is 1. The summed E-state index contributed by atoms with van der Waals surface area (Å²) >= 11 is 6.96. The molecule has 0 heterocycles. The normalized spacial score (nSPS) is 12.2. The molecule has 0 radical (unpaired) electrons. The van der Waals surface area contributed by atoms with E-state index in [9.17, 15) is 5.11 Å². The predicted molar refractivity (Wildman–Crippen MR) is 91.3 cm³/mol. The van der Waals surface area contributed by atoms with Gasteiger partial charge in [0.05, 0.1) is 6.04 Å². The van der Waals surface area contributed by atoms with E-state index < -0.39 is 0 Å². The molecule has 0 amide bonds. The number of nitrogens with one attached hydrogen (secondary N) is 1. The van der Waals surface area contributed by atoms with E-state index in [1.807, 2.05) is 24.3 Å². The monoisotopic (exact) mass is 397 g/mol. The lowest BCUT2D eigenvalue weighted by atomic mass is 10.0. The van der Waals surface area contributed by atoms with E-state index in [0.717, 1.165) is 26.6 Å². The molecule has 2 rings (SSSR count). The lowest BCUT2D eigenvalue weighted by Gasteiger charge is -2.20. The first kappa shape index (κ1) is 15.4. The highest BCUT2D eigenvalue weighted by Gasteiger charge is 2.14. The van der Waals surface area contributed by atoms with Gasteiger partial charge in [0.2, 0.25) is 0 Å². The van der Waals surface area contributed by atoms with Crippen molar-refractivity contribution >= 4 is 37.5 Å². The molecule has 2 aromatic rings. The molecule has 0 fully saturated rings. The maximum Gasteiger partial charge on any atom is 0.120 e. The predicted octanol–water partition coefficient (Wildman–Crippen LogP) is 5.79. The molecule has 1 unspecified atom stereocenters. The van der Waals surface area contributed by atoms with E-state index in [1.54, 1.807) is 6.07 Å². The van der Waals surface area contributed by atoms with Crippen LogP contribution in [0.3, 0.4) is 0 Å². The van der Waals surface area contributed by atoms with Crippen molar-refractivity contribution in [3.05, 3.63) is 56.5 Å². The third-order valence-corrected chi connectivity index (χ3v) is 4.66. The van der Waals surface area contributed by atoms with Gasteiger partial charge in [-0.3, -0.25) is 0 Å². The second kappa shape index (κ2) is 6.64. The number of rotatable bonds is 4. The molecule has 0 saturated heterocycles. The summed E-state index contributed by atoms with van der Waals surface area (Å²) in [7, 11) is 0. The summed E-state index contributed by atoms with van der Waals surface area (Å²) in [5, 5.41) is 13.5. The number of phenolic OH excluding ortho intramolecular Hbond substituents is 1. The number of anilines is 1. The fourth-order valence-electron chi connectivity index (χ4n) is 2.14. The first-order valence-corrected chi connectivity index (χ1v) is 8.11. The van der Waals surface area contributed by atoms with Gasteiger partial charge in [0.25, 0.3) is 0 Å². The standard InChI is InChI=1S/C16H17Br2NO/c1-3-15(13-9-11(17)4-7-16(13)20)19-12-5-6-14(18)10(2)8-12/h4-9,15,19-20H,3H2,1-2H3. The Morgan fingerprint density at radius 3 is 2.55 bits per heavy atom. The zero-order valence-electron chi connectivity index (χ0n) is 11.5. The molecule has 0 bridgehead atoms. The minimum atomic E-state index is 0.0769. The van der Waals surface area contributed by atoms with Gasteiger partial charge in [-0.25, -0.2) is 0 Å². The number of benzene rings is 2. The van der Waals surface area contributed by atoms with Crippen LogP contribution in [0.1, 0.15) is 30.5 Å². The van der Waals surface area contributed by atoms with Crippen molar-refractivity contribution < 1.29 is 5.11 Å². The van der Waals surface area contributed by atoms with E-state index in [1.165, 1.54) is 5.56 Å². The number of halogens is 2. The Balaban J connectivity index is 2.28. The summed E-state index contributed by atoms with van der Waals surface area (Å²) in [5.74, 6) is 0.321. The minimum Gasteiger partial charge on any atom is -0.508 e. The van der Waals surface area contributed by atoms with Crippen molar-refractivity contribution in [1.82, 2.24) is 0 Å². The van der Waals surface area contributed by atoms with Gasteiger partial charge in [0, 0.05) is 20.2 Å². The summed E-state index contributed by atoms with van der Waals surface area (Å²) in [6.45, 7) is 4.16. The highest BCUT2D eigenvalue weighted by atomic mass is 79.9. The molecule has 0 aliphatic rings. The highest BCUT2D eigenvalue weighted by molar-refractivity contribution is 9.10. The number of hydrogen-bond donors (Lipinski definition) is 2. The molecule has 0 spiro atoms. The van der Waals surface area contributed by atoms with Gasteiger partial charge in [-0.2, -0.15) is 0 Å². The van der Waals surface area contributed by atoms with E-state index >= 15 is 0 Å². The molecule has 20 heavy (non-hydrogen) atoms. The minimum absolute atomic E-state index is 0.0769. The second-order valence-corrected chi connectivity index (χ2v) is 6.54. The molecule has 106 valence electrons. The molecule has 0 saturated carbocycles. The lowest BCUT2D eigenvalue weighted by molar-refractivity contribution is 0.462. The molecular formula is C16H17Br2NO. The first-order chi connectivity index (χ1) is 9.51. The number of hydrogen-bond acceptors (Lipinski definition) is 2. The molecule has 1 atom stereocenters. The van der Waals surface area contributed by atoms with Crippen molar-refractivity contribution in [2.24, 2.45) is 0 Å². The van der Waals surface area contributed by atoms with Crippen molar-refractivity contribution in [2.45, 2.75) is 26.3 Å². The first-order valence-electron chi connectivity index (χ1n) is 6.52. The SMILES string of the molecule is CCC(Nc1ccc(Br)c(C)c1)c1cc(Br)ccc1O. The lowest BCUT2D eigenvalue weighted by Crippen LogP contribution is -2.10. The quantitative estimate of drug-likeness (QED) is 0.683. The van der Waals surface area contributed by atoms with Gasteiger partial charge in [0.1, 0.15) is 5.75 Å². The zero-order chi connectivity index (χ0) is 14.7. The largest absolute Gasteiger partial charge is 0.508 e. The van der Waals surface area contributed by atoms with Gasteiger partial charge in [-0.05, 0) is 55.3 Å². The van der Waals surface area contributed by atoms with Crippen LogP contribution in [-0.4, -0.2) is 5.11 Å². The van der Waals surface area contributed by atoms with Crippen LogP contribution in [0.5, 0.6) is 5.75 Å². The van der Waals surface area contributed by atoms with E-state index in [2.05, 4.69) is 57.1 Å². The Labute approximate surface area is 136 Å². The molecule has 2 aromatic carbocycles. The molecule has 4 heteroatoms. The topological polar surface area (TPSA) is 32.3 Å². The van der Waals surface area contributed by atoms with Crippen molar-refractivity contribution in [2.75, 3.05) is 5.32 Å². The summed E-state index contributed by atoms with van der Waals surface area (Å²) in [6, 6.07) is 11.8. The highest BCUT2D eigenvalue weighted by Crippen LogP contribution is 2.32. The third kappa shape index (κ3) is 3.55. The average Bonchev–Trinajstić information content (AvgIpc) is 2.43. The maximum atomic E-state index is 10.0. The fourth-order valence-corrected chi connectivity index (χ4v) is 2.77. The van der Waals surface area contributed by atoms with Crippen LogP contribution < -0.4 is 5.32 Å². The molecular weight excluding hydrogens is 382 g/mol. The van der Waals surface area contributed by atoms with Gasteiger partial charge < -0.3 is 10.4 Å². The Bertz CT molecular complexity index is 613. The van der Waals surface area contributed by atoms with E-state index in [0.29, 0.717) is 5.75 Å². The second-order valence-electron chi connectivity index (χ2n) is 4.77. The van der Waals surface area contributed by atoms with E-state index in [4.69, 9.17) is 0 Å². The molecule has 2 N–H and O–H groups in total. The summed E-state index contributed by atoms with van der Waals surface area (Å²) < 4.78 is 2.07. The smallest absolute Gasteiger partial charge is 0.120 e. The van der Waals surface area contributed by atoms with Gasteiger partial charge in [-0.15, -0.1) is 0 Å². The summed E-state index contributed by atoms with van der Waals surface area (Å²) in [6.07, 6.45) is 0.888. The molecule has 0 aliphatic heterocycles. The van der Waals surface area contributed by atoms with Crippen LogP contribution >= 0.6 is 31.9 Å². The Kier molecular flexibility index (Phi) is 5.11. The third-order valence-electron chi connectivity index (χ3n) is 3.27. The fraction of sp³-hybridized carbons (Fsp3) is 0.250. The van der Waals surface area contributed by atoms with Crippen LogP contribution in [0.4, 0.5) is 5.69 Å². The number of aryl methyl sites for hydroxylation is 1. The number of aromatic hydroxyl groups is 1. The van der Waals surface area contributed by atoms with Crippen molar-refractivity contribution in [1.29, 1.82) is 0 Å². The Morgan fingerprint density at radius 1 is 1.15 bits per heavy atom. The van der Waals surface area contributed by atoms with Crippen molar-refractivity contribution in [3.8, 4) is 5.75 Å².